The number of carbonyl (C=O) groups excluding carboxylic acids is 2. The Kier molecular flexibility index (Phi) is 10.2. The van der Waals surface area contributed by atoms with Gasteiger partial charge in [0.2, 0.25) is 11.8 Å². The molecule has 33 heavy (non-hydrogen) atoms. The smallest absolute Gasteiger partial charge is 0.227 e. The molecule has 2 rings (SSSR count). The topological polar surface area (TPSA) is 91.7 Å². The number of amides is 2. The molecule has 0 saturated heterocycles. The molecule has 2 aromatic carbocycles. The van der Waals surface area contributed by atoms with Crippen LogP contribution in [0.3, 0.4) is 0 Å². The highest BCUT2D eigenvalue weighted by Crippen LogP contribution is 2.30. The van der Waals surface area contributed by atoms with E-state index in [2.05, 4.69) is 25.2 Å². The SMILES string of the molecule is COc1cc(C(C)NC(=O)CCC(=O)N(CCC#N)c2ccccc2)ccc1OCC(C)C. The van der Waals surface area contributed by atoms with E-state index in [1.165, 1.54) is 0 Å². The monoisotopic (exact) mass is 451 g/mol. The van der Waals surface area contributed by atoms with Crippen molar-refractivity contribution < 1.29 is 19.1 Å². The van der Waals surface area contributed by atoms with Gasteiger partial charge in [0, 0.05) is 25.1 Å². The van der Waals surface area contributed by atoms with E-state index in [1.807, 2.05) is 55.5 Å². The van der Waals surface area contributed by atoms with E-state index < -0.39 is 0 Å². The molecule has 0 radical (unpaired) electrons. The van der Waals surface area contributed by atoms with Gasteiger partial charge in [-0.1, -0.05) is 38.1 Å². The maximum absolute atomic E-state index is 12.7. The Morgan fingerprint density at radius 2 is 1.79 bits per heavy atom. The summed E-state index contributed by atoms with van der Waals surface area (Å²) in [6.45, 7) is 6.91. The molecule has 0 aliphatic carbocycles. The molecule has 1 unspecified atom stereocenters. The fraction of sp³-hybridized carbons (Fsp3) is 0.423. The molecule has 0 bridgehead atoms. The van der Waals surface area contributed by atoms with Gasteiger partial charge in [-0.15, -0.1) is 0 Å². The molecule has 2 aromatic rings. The van der Waals surface area contributed by atoms with Crippen LogP contribution in [0.4, 0.5) is 5.69 Å². The third-order valence-electron chi connectivity index (χ3n) is 5.02. The molecule has 1 N–H and O–H groups in total. The number of anilines is 1. The summed E-state index contributed by atoms with van der Waals surface area (Å²) in [7, 11) is 1.58. The van der Waals surface area contributed by atoms with E-state index >= 15 is 0 Å². The fourth-order valence-electron chi connectivity index (χ4n) is 3.25. The van der Waals surface area contributed by atoms with Gasteiger partial charge in [-0.25, -0.2) is 0 Å². The van der Waals surface area contributed by atoms with Gasteiger partial charge in [-0.3, -0.25) is 9.59 Å². The van der Waals surface area contributed by atoms with Crippen LogP contribution >= 0.6 is 0 Å². The molecule has 0 fully saturated rings. The zero-order valence-electron chi connectivity index (χ0n) is 19.8. The van der Waals surface area contributed by atoms with Crippen LogP contribution in [0.15, 0.2) is 48.5 Å². The summed E-state index contributed by atoms with van der Waals surface area (Å²) in [6.07, 6.45) is 0.346. The van der Waals surface area contributed by atoms with Crippen molar-refractivity contribution in [2.75, 3.05) is 25.2 Å². The van der Waals surface area contributed by atoms with Crippen molar-refractivity contribution >= 4 is 17.5 Å². The van der Waals surface area contributed by atoms with Crippen LogP contribution in [-0.2, 0) is 9.59 Å². The van der Waals surface area contributed by atoms with Gasteiger partial charge in [-0.2, -0.15) is 5.26 Å². The van der Waals surface area contributed by atoms with Crippen LogP contribution in [0, 0.1) is 17.2 Å². The lowest BCUT2D eigenvalue weighted by Gasteiger charge is -2.22. The zero-order chi connectivity index (χ0) is 24.2. The van der Waals surface area contributed by atoms with E-state index in [-0.39, 0.29) is 37.1 Å². The lowest BCUT2D eigenvalue weighted by molar-refractivity contribution is -0.125. The van der Waals surface area contributed by atoms with Crippen LogP contribution in [0.1, 0.15) is 51.6 Å². The van der Waals surface area contributed by atoms with Gasteiger partial charge >= 0.3 is 0 Å². The van der Waals surface area contributed by atoms with Crippen LogP contribution < -0.4 is 19.7 Å². The molecular weight excluding hydrogens is 418 g/mol. The number of carbonyl (C=O) groups is 2. The number of hydrogen-bond donors (Lipinski definition) is 1. The van der Waals surface area contributed by atoms with Gasteiger partial charge < -0.3 is 19.7 Å². The van der Waals surface area contributed by atoms with Crippen molar-refractivity contribution in [3.05, 3.63) is 54.1 Å². The Hall–Kier alpha value is -3.53. The van der Waals surface area contributed by atoms with Gasteiger partial charge in [0.1, 0.15) is 0 Å². The van der Waals surface area contributed by atoms with Crippen LogP contribution in [0.25, 0.3) is 0 Å². The first-order chi connectivity index (χ1) is 15.8. The Balaban J connectivity index is 1.95. The highest BCUT2D eigenvalue weighted by molar-refractivity contribution is 5.95. The van der Waals surface area contributed by atoms with Gasteiger partial charge in [0.25, 0.3) is 0 Å². The number of methoxy groups -OCH3 is 1. The quantitative estimate of drug-likeness (QED) is 0.508. The van der Waals surface area contributed by atoms with Crippen molar-refractivity contribution in [3.63, 3.8) is 0 Å². The number of nitriles is 1. The first-order valence-electron chi connectivity index (χ1n) is 11.2. The third-order valence-corrected chi connectivity index (χ3v) is 5.02. The second-order valence-corrected chi connectivity index (χ2v) is 8.19. The molecule has 7 heteroatoms. The summed E-state index contributed by atoms with van der Waals surface area (Å²) in [5.41, 5.74) is 1.60. The molecule has 7 nitrogen and oxygen atoms in total. The van der Waals surface area contributed by atoms with Crippen molar-refractivity contribution in [2.24, 2.45) is 5.92 Å². The number of rotatable bonds is 12. The number of ether oxygens (including phenoxy) is 2. The second kappa shape index (κ2) is 13.1. The first-order valence-corrected chi connectivity index (χ1v) is 11.2. The van der Waals surface area contributed by atoms with Crippen molar-refractivity contribution in [3.8, 4) is 17.6 Å². The standard InChI is InChI=1S/C26H33N3O4/c1-19(2)18-33-23-12-11-21(17-24(23)32-4)20(3)28-25(30)13-14-26(31)29(16-8-15-27)22-9-6-5-7-10-22/h5-7,9-12,17,19-20H,8,13-14,16,18H2,1-4H3,(H,28,30). The largest absolute Gasteiger partial charge is 0.493 e. The fourth-order valence-corrected chi connectivity index (χ4v) is 3.25. The number of hydrogen-bond acceptors (Lipinski definition) is 5. The second-order valence-electron chi connectivity index (χ2n) is 8.19. The van der Waals surface area contributed by atoms with Crippen LogP contribution in [-0.4, -0.2) is 32.1 Å². The van der Waals surface area contributed by atoms with Crippen molar-refractivity contribution in [2.45, 2.75) is 46.1 Å². The molecule has 2 amide bonds. The predicted molar refractivity (Wildman–Crippen MR) is 128 cm³/mol. The summed E-state index contributed by atoms with van der Waals surface area (Å²) in [4.78, 5) is 26.8. The highest BCUT2D eigenvalue weighted by Gasteiger charge is 2.18. The summed E-state index contributed by atoms with van der Waals surface area (Å²) >= 11 is 0. The van der Waals surface area contributed by atoms with Crippen molar-refractivity contribution in [1.29, 1.82) is 5.26 Å². The molecule has 0 saturated carbocycles. The minimum absolute atomic E-state index is 0.0597. The van der Waals surface area contributed by atoms with E-state index in [0.717, 1.165) is 11.3 Å². The minimum atomic E-state index is -0.260. The highest BCUT2D eigenvalue weighted by atomic mass is 16.5. The average molecular weight is 452 g/mol. The summed E-state index contributed by atoms with van der Waals surface area (Å²) in [5.74, 6) is 1.27. The normalized spacial score (nSPS) is 11.4. The molecule has 0 aliphatic rings. The van der Waals surface area contributed by atoms with Gasteiger partial charge in [0.05, 0.1) is 32.2 Å². The van der Waals surface area contributed by atoms with E-state index in [9.17, 15) is 9.59 Å². The molecule has 0 heterocycles. The van der Waals surface area contributed by atoms with Crippen molar-refractivity contribution in [1.82, 2.24) is 5.32 Å². The molecule has 0 aliphatic heterocycles. The molecule has 0 aromatic heterocycles. The maximum Gasteiger partial charge on any atom is 0.227 e. The molecule has 176 valence electrons. The number of nitrogens with one attached hydrogen (secondary N) is 1. The zero-order valence-corrected chi connectivity index (χ0v) is 19.8. The number of benzene rings is 2. The van der Waals surface area contributed by atoms with Gasteiger partial charge in [0.15, 0.2) is 11.5 Å². The Labute approximate surface area is 196 Å². The molecule has 1 atom stereocenters. The van der Waals surface area contributed by atoms with E-state index in [1.54, 1.807) is 12.0 Å². The third kappa shape index (κ3) is 8.15. The average Bonchev–Trinajstić information content (AvgIpc) is 2.82. The Bertz CT molecular complexity index is 954. The van der Waals surface area contributed by atoms with E-state index in [0.29, 0.717) is 30.6 Å². The number of para-hydroxylation sites is 1. The molecular formula is C26H33N3O4. The van der Waals surface area contributed by atoms with Crippen LogP contribution in [0.2, 0.25) is 0 Å². The number of nitrogens with zero attached hydrogens (tertiary/aromatic N) is 2. The summed E-state index contributed by atoms with van der Waals surface area (Å²) < 4.78 is 11.2. The molecule has 0 spiro atoms. The first kappa shape index (κ1) is 25.7. The predicted octanol–water partition coefficient (Wildman–Crippen LogP) is 4.63. The lowest BCUT2D eigenvalue weighted by atomic mass is 10.1. The summed E-state index contributed by atoms with van der Waals surface area (Å²) in [5, 5.41) is 11.8. The Morgan fingerprint density at radius 1 is 1.06 bits per heavy atom. The maximum atomic E-state index is 12.7. The Morgan fingerprint density at radius 3 is 2.42 bits per heavy atom. The minimum Gasteiger partial charge on any atom is -0.493 e. The van der Waals surface area contributed by atoms with E-state index in [4.69, 9.17) is 14.7 Å². The summed E-state index contributed by atoms with van der Waals surface area (Å²) in [6, 6.07) is 16.6. The van der Waals surface area contributed by atoms with Gasteiger partial charge in [-0.05, 0) is 42.7 Å². The van der Waals surface area contributed by atoms with Crippen LogP contribution in [0.5, 0.6) is 11.5 Å². The lowest BCUT2D eigenvalue weighted by Crippen LogP contribution is -2.33.